The van der Waals surface area contributed by atoms with Crippen molar-refractivity contribution < 1.29 is 14.6 Å². The Balaban J connectivity index is 1.51. The van der Waals surface area contributed by atoms with Crippen molar-refractivity contribution in [1.29, 1.82) is 0 Å². The van der Waals surface area contributed by atoms with E-state index < -0.39 is 6.35 Å². The first kappa shape index (κ1) is 17.7. The standard InChI is InChI=1S/C19H20N4O3/c1-26-18(24)15-4-2-13(3-5-15)10-20-19(25)23-17-8-6-14(7-9-17)16-11-21-22-12-16/h2-9,11-12,19-20,23,25H,10H2,1H3,(H,21,22). The summed E-state index contributed by atoms with van der Waals surface area (Å²) in [5.74, 6) is -0.370. The number of aliphatic hydroxyl groups is 1. The molecule has 0 aliphatic heterocycles. The quantitative estimate of drug-likeness (QED) is 0.385. The SMILES string of the molecule is COC(=O)c1ccc(CNC(O)Nc2ccc(-c3cn[nH]c3)cc2)cc1. The Morgan fingerprint density at radius 1 is 1.15 bits per heavy atom. The van der Waals surface area contributed by atoms with Gasteiger partial charge in [-0.3, -0.25) is 10.4 Å². The number of aromatic amines is 1. The van der Waals surface area contributed by atoms with Crippen LogP contribution in [0.2, 0.25) is 0 Å². The second kappa shape index (κ2) is 8.28. The molecular weight excluding hydrogens is 332 g/mol. The van der Waals surface area contributed by atoms with Gasteiger partial charge in [0.05, 0.1) is 18.9 Å². The molecule has 7 nitrogen and oxygen atoms in total. The largest absolute Gasteiger partial charge is 0.465 e. The molecule has 1 unspecified atom stereocenters. The third-order valence-electron chi connectivity index (χ3n) is 3.89. The minimum Gasteiger partial charge on any atom is -0.465 e. The minimum absolute atomic E-state index is 0.370. The van der Waals surface area contributed by atoms with E-state index in [4.69, 9.17) is 0 Å². The molecule has 26 heavy (non-hydrogen) atoms. The zero-order chi connectivity index (χ0) is 18.4. The summed E-state index contributed by atoms with van der Waals surface area (Å²) in [6.07, 6.45) is 2.67. The molecule has 0 fully saturated rings. The zero-order valence-electron chi connectivity index (χ0n) is 14.3. The Morgan fingerprint density at radius 3 is 2.50 bits per heavy atom. The van der Waals surface area contributed by atoms with Gasteiger partial charge < -0.3 is 15.2 Å². The van der Waals surface area contributed by atoms with Crippen molar-refractivity contribution in [3.05, 3.63) is 72.1 Å². The summed E-state index contributed by atoms with van der Waals surface area (Å²) < 4.78 is 4.66. The number of esters is 1. The molecule has 0 bridgehead atoms. The highest BCUT2D eigenvalue weighted by Crippen LogP contribution is 2.20. The number of anilines is 1. The summed E-state index contributed by atoms with van der Waals surface area (Å²) >= 11 is 0. The molecule has 134 valence electrons. The van der Waals surface area contributed by atoms with Crippen LogP contribution in [0, 0.1) is 0 Å². The normalized spacial score (nSPS) is 11.8. The van der Waals surface area contributed by atoms with Gasteiger partial charge in [-0.1, -0.05) is 24.3 Å². The van der Waals surface area contributed by atoms with Crippen molar-refractivity contribution in [3.8, 4) is 11.1 Å². The minimum atomic E-state index is -0.907. The second-order valence-electron chi connectivity index (χ2n) is 5.68. The second-order valence-corrected chi connectivity index (χ2v) is 5.68. The lowest BCUT2D eigenvalue weighted by Crippen LogP contribution is -2.35. The van der Waals surface area contributed by atoms with Crippen molar-refractivity contribution in [2.24, 2.45) is 0 Å². The highest BCUT2D eigenvalue weighted by atomic mass is 16.5. The Bertz CT molecular complexity index is 830. The molecule has 0 spiro atoms. The number of carbonyl (C=O) groups excluding carboxylic acids is 1. The number of hydrogen-bond donors (Lipinski definition) is 4. The molecule has 0 aliphatic rings. The van der Waals surface area contributed by atoms with Crippen molar-refractivity contribution in [2.45, 2.75) is 12.9 Å². The maximum absolute atomic E-state index is 11.4. The molecule has 0 saturated heterocycles. The lowest BCUT2D eigenvalue weighted by molar-refractivity contribution is 0.0600. The Labute approximate surface area is 151 Å². The van der Waals surface area contributed by atoms with Gasteiger partial charge in [-0.25, -0.2) is 4.79 Å². The Hall–Kier alpha value is -3.16. The molecule has 4 N–H and O–H groups in total. The molecule has 0 saturated carbocycles. The van der Waals surface area contributed by atoms with Crippen LogP contribution < -0.4 is 10.6 Å². The molecule has 0 aliphatic carbocycles. The summed E-state index contributed by atoms with van der Waals surface area (Å²) in [7, 11) is 1.35. The first-order valence-electron chi connectivity index (χ1n) is 8.10. The smallest absolute Gasteiger partial charge is 0.337 e. The van der Waals surface area contributed by atoms with Gasteiger partial charge in [0.1, 0.15) is 0 Å². The highest BCUT2D eigenvalue weighted by Gasteiger charge is 2.06. The number of H-pyrrole nitrogens is 1. The third kappa shape index (κ3) is 4.47. The van der Waals surface area contributed by atoms with Gasteiger partial charge in [0.25, 0.3) is 0 Å². The van der Waals surface area contributed by atoms with Gasteiger partial charge in [-0.2, -0.15) is 5.10 Å². The number of hydrogen-bond acceptors (Lipinski definition) is 6. The number of nitrogens with one attached hydrogen (secondary N) is 3. The van der Waals surface area contributed by atoms with Crippen LogP contribution in [0.25, 0.3) is 11.1 Å². The van der Waals surface area contributed by atoms with E-state index in [-0.39, 0.29) is 5.97 Å². The molecule has 0 amide bonds. The number of aliphatic hydroxyl groups excluding tert-OH is 1. The summed E-state index contributed by atoms with van der Waals surface area (Å²) in [5, 5.41) is 22.7. The van der Waals surface area contributed by atoms with Crippen LogP contribution in [0.15, 0.2) is 60.9 Å². The van der Waals surface area contributed by atoms with E-state index in [2.05, 4.69) is 25.6 Å². The van der Waals surface area contributed by atoms with Crippen molar-refractivity contribution in [3.63, 3.8) is 0 Å². The van der Waals surface area contributed by atoms with Crippen LogP contribution in [-0.2, 0) is 11.3 Å². The van der Waals surface area contributed by atoms with E-state index in [1.54, 1.807) is 18.3 Å². The van der Waals surface area contributed by atoms with Crippen molar-refractivity contribution in [1.82, 2.24) is 15.5 Å². The highest BCUT2D eigenvalue weighted by molar-refractivity contribution is 5.89. The fourth-order valence-electron chi connectivity index (χ4n) is 2.47. The fourth-order valence-corrected chi connectivity index (χ4v) is 2.47. The van der Waals surface area contributed by atoms with Crippen molar-refractivity contribution in [2.75, 3.05) is 12.4 Å². The topological polar surface area (TPSA) is 99.3 Å². The number of benzene rings is 2. The number of rotatable bonds is 7. The summed E-state index contributed by atoms with van der Waals surface area (Å²) in [4.78, 5) is 11.4. The Kier molecular flexibility index (Phi) is 5.62. The summed E-state index contributed by atoms with van der Waals surface area (Å²) in [6.45, 7) is 0.447. The van der Waals surface area contributed by atoms with Gasteiger partial charge in [0.15, 0.2) is 6.35 Å². The van der Waals surface area contributed by atoms with Crippen LogP contribution in [0.5, 0.6) is 0 Å². The van der Waals surface area contributed by atoms with Crippen LogP contribution in [0.3, 0.4) is 0 Å². The van der Waals surface area contributed by atoms with Gasteiger partial charge in [-0.05, 0) is 35.4 Å². The van der Waals surface area contributed by atoms with E-state index >= 15 is 0 Å². The predicted octanol–water partition coefficient (Wildman–Crippen LogP) is 2.34. The van der Waals surface area contributed by atoms with E-state index in [0.29, 0.717) is 12.1 Å². The number of aromatic nitrogens is 2. The fraction of sp³-hybridized carbons (Fsp3) is 0.158. The first-order valence-corrected chi connectivity index (χ1v) is 8.10. The molecule has 1 aromatic heterocycles. The third-order valence-corrected chi connectivity index (χ3v) is 3.89. The van der Waals surface area contributed by atoms with E-state index in [9.17, 15) is 9.90 Å². The first-order chi connectivity index (χ1) is 12.7. The van der Waals surface area contributed by atoms with Gasteiger partial charge in [-0.15, -0.1) is 0 Å². The van der Waals surface area contributed by atoms with Crippen LogP contribution in [0.1, 0.15) is 15.9 Å². The molecule has 1 heterocycles. The number of nitrogens with zero attached hydrogens (tertiary/aromatic N) is 1. The van der Waals surface area contributed by atoms with Crippen LogP contribution in [-0.4, -0.2) is 34.7 Å². The number of ether oxygens (including phenoxy) is 1. The van der Waals surface area contributed by atoms with E-state index in [1.165, 1.54) is 7.11 Å². The maximum Gasteiger partial charge on any atom is 0.337 e. The molecule has 7 heteroatoms. The number of methoxy groups -OCH3 is 1. The van der Waals surface area contributed by atoms with Crippen molar-refractivity contribution >= 4 is 11.7 Å². The molecule has 3 rings (SSSR count). The molecular formula is C19H20N4O3. The van der Waals surface area contributed by atoms with Gasteiger partial charge >= 0.3 is 5.97 Å². The lowest BCUT2D eigenvalue weighted by atomic mass is 10.1. The van der Waals surface area contributed by atoms with Crippen LogP contribution in [0.4, 0.5) is 5.69 Å². The molecule has 1 atom stereocenters. The van der Waals surface area contributed by atoms with E-state index in [0.717, 1.165) is 22.4 Å². The van der Waals surface area contributed by atoms with Crippen LogP contribution >= 0.6 is 0 Å². The summed E-state index contributed by atoms with van der Waals surface area (Å²) in [6, 6.07) is 14.7. The summed E-state index contributed by atoms with van der Waals surface area (Å²) in [5.41, 5.74) is 4.27. The van der Waals surface area contributed by atoms with Gasteiger partial charge in [0, 0.05) is 24.0 Å². The predicted molar refractivity (Wildman–Crippen MR) is 98.3 cm³/mol. The molecule has 2 aromatic carbocycles. The monoisotopic (exact) mass is 352 g/mol. The molecule has 3 aromatic rings. The molecule has 0 radical (unpaired) electrons. The average molecular weight is 352 g/mol. The van der Waals surface area contributed by atoms with E-state index in [1.807, 2.05) is 42.6 Å². The number of carbonyl (C=O) groups is 1. The Morgan fingerprint density at radius 2 is 1.88 bits per heavy atom. The zero-order valence-corrected chi connectivity index (χ0v) is 14.3. The average Bonchev–Trinajstić information content (AvgIpc) is 3.21. The maximum atomic E-state index is 11.4. The lowest BCUT2D eigenvalue weighted by Gasteiger charge is -2.16. The van der Waals surface area contributed by atoms with Gasteiger partial charge in [0.2, 0.25) is 0 Å².